The Labute approximate surface area is 124 Å². The van der Waals surface area contributed by atoms with E-state index in [0.717, 1.165) is 19.3 Å². The molecule has 2 atom stereocenters. The van der Waals surface area contributed by atoms with Gasteiger partial charge in [-0.2, -0.15) is 0 Å². The minimum absolute atomic E-state index is 0.162. The van der Waals surface area contributed by atoms with Crippen molar-refractivity contribution in [1.82, 2.24) is 5.32 Å². The highest BCUT2D eigenvalue weighted by Crippen LogP contribution is 2.24. The molecule has 0 aromatic heterocycles. The Morgan fingerprint density at radius 2 is 2.14 bits per heavy atom. The summed E-state index contributed by atoms with van der Waals surface area (Å²) >= 11 is 0. The molecule has 0 bridgehead atoms. The smallest absolute Gasteiger partial charge is 0.319 e. The molecule has 0 saturated heterocycles. The number of terminal acetylenes is 1. The van der Waals surface area contributed by atoms with E-state index in [4.69, 9.17) is 11.2 Å². The van der Waals surface area contributed by atoms with Crippen molar-refractivity contribution in [2.24, 2.45) is 5.92 Å². The molecule has 21 heavy (non-hydrogen) atoms. The van der Waals surface area contributed by atoms with E-state index in [1.54, 1.807) is 24.3 Å². The average Bonchev–Trinajstić information content (AvgIpc) is 2.90. The van der Waals surface area contributed by atoms with E-state index in [1.807, 2.05) is 0 Å². The molecular formula is C16H20N2O3. The fraction of sp³-hybridized carbons (Fsp3) is 0.438. The lowest BCUT2D eigenvalue weighted by Crippen LogP contribution is -2.35. The molecule has 1 aromatic rings. The van der Waals surface area contributed by atoms with Gasteiger partial charge in [0, 0.05) is 18.2 Å². The summed E-state index contributed by atoms with van der Waals surface area (Å²) in [6, 6.07) is 6.71. The van der Waals surface area contributed by atoms with E-state index in [-0.39, 0.29) is 24.7 Å². The largest absolute Gasteiger partial charge is 0.481 e. The lowest BCUT2D eigenvalue weighted by Gasteiger charge is -2.15. The second-order valence-electron chi connectivity index (χ2n) is 5.11. The zero-order valence-corrected chi connectivity index (χ0v) is 11.8. The van der Waals surface area contributed by atoms with E-state index in [1.165, 1.54) is 0 Å². The summed E-state index contributed by atoms with van der Waals surface area (Å²) in [7, 11) is 0. The van der Waals surface area contributed by atoms with Gasteiger partial charge in [0.25, 0.3) is 0 Å². The number of hydrogen-bond acceptors (Lipinski definition) is 3. The third kappa shape index (κ3) is 4.69. The molecule has 1 aromatic carbocycles. The van der Waals surface area contributed by atoms with E-state index >= 15 is 0 Å². The number of aliphatic hydroxyl groups excluding tert-OH is 1. The quantitative estimate of drug-likeness (QED) is 0.726. The first-order chi connectivity index (χ1) is 10.2. The number of ether oxygens (including phenoxy) is 1. The molecule has 1 fully saturated rings. The lowest BCUT2D eigenvalue weighted by atomic mass is 10.1. The highest BCUT2D eigenvalue weighted by Gasteiger charge is 2.25. The van der Waals surface area contributed by atoms with Crippen LogP contribution in [0.25, 0.3) is 0 Å². The van der Waals surface area contributed by atoms with E-state index in [9.17, 15) is 9.90 Å². The van der Waals surface area contributed by atoms with Gasteiger partial charge in [-0.15, -0.1) is 6.42 Å². The van der Waals surface area contributed by atoms with Crippen LogP contribution in [-0.2, 0) is 0 Å². The van der Waals surface area contributed by atoms with Gasteiger partial charge >= 0.3 is 6.03 Å². The minimum Gasteiger partial charge on any atom is -0.481 e. The van der Waals surface area contributed by atoms with Crippen LogP contribution >= 0.6 is 0 Å². The van der Waals surface area contributed by atoms with Gasteiger partial charge in [0.15, 0.2) is 0 Å². The van der Waals surface area contributed by atoms with E-state index in [2.05, 4.69) is 16.6 Å². The van der Waals surface area contributed by atoms with Gasteiger partial charge in [-0.25, -0.2) is 4.79 Å². The van der Waals surface area contributed by atoms with Crippen LogP contribution in [0, 0.1) is 18.3 Å². The molecule has 2 unspecified atom stereocenters. The molecule has 5 nitrogen and oxygen atoms in total. The Kier molecular flexibility index (Phi) is 5.47. The van der Waals surface area contributed by atoms with Crippen LogP contribution in [0.5, 0.6) is 5.75 Å². The Morgan fingerprint density at radius 1 is 1.38 bits per heavy atom. The predicted octanol–water partition coefficient (Wildman–Crippen LogP) is 1.98. The predicted molar refractivity (Wildman–Crippen MR) is 81.1 cm³/mol. The summed E-state index contributed by atoms with van der Waals surface area (Å²) in [4.78, 5) is 11.8. The number of anilines is 1. The molecule has 0 radical (unpaired) electrons. The summed E-state index contributed by atoms with van der Waals surface area (Å²) in [5.41, 5.74) is 0.674. The molecule has 5 heteroatoms. The van der Waals surface area contributed by atoms with Crippen molar-refractivity contribution in [2.45, 2.75) is 25.4 Å². The summed E-state index contributed by atoms with van der Waals surface area (Å²) in [6.45, 7) is 0.716. The first kappa shape index (κ1) is 15.2. The highest BCUT2D eigenvalue weighted by atomic mass is 16.5. The van der Waals surface area contributed by atoms with E-state index < -0.39 is 0 Å². The second kappa shape index (κ2) is 7.55. The standard InChI is InChI=1S/C16H20N2O3/c1-2-10-21-14-8-6-13(7-9-14)18-16(20)17-11-12-4-3-5-15(12)19/h1,6-9,12,15,19H,3-5,10-11H2,(H2,17,18,20). The maximum Gasteiger partial charge on any atom is 0.319 e. The number of rotatable bonds is 5. The molecular weight excluding hydrogens is 268 g/mol. The molecule has 3 N–H and O–H groups in total. The van der Waals surface area contributed by atoms with Crippen molar-refractivity contribution < 1.29 is 14.6 Å². The number of aliphatic hydroxyl groups is 1. The normalized spacial score (nSPS) is 20.6. The molecule has 1 aliphatic rings. The Hall–Kier alpha value is -2.19. The maximum absolute atomic E-state index is 11.8. The van der Waals surface area contributed by atoms with Gasteiger partial charge in [-0.05, 0) is 37.1 Å². The Morgan fingerprint density at radius 3 is 2.76 bits per heavy atom. The van der Waals surface area contributed by atoms with Gasteiger partial charge in [0.05, 0.1) is 6.10 Å². The van der Waals surface area contributed by atoms with Crippen LogP contribution in [0.15, 0.2) is 24.3 Å². The van der Waals surface area contributed by atoms with Crippen LogP contribution in [0.1, 0.15) is 19.3 Å². The molecule has 0 aliphatic heterocycles. The first-order valence-electron chi connectivity index (χ1n) is 7.08. The number of hydrogen-bond donors (Lipinski definition) is 3. The average molecular weight is 288 g/mol. The highest BCUT2D eigenvalue weighted by molar-refractivity contribution is 5.89. The summed E-state index contributed by atoms with van der Waals surface area (Å²) in [5, 5.41) is 15.2. The molecule has 0 spiro atoms. The summed E-state index contributed by atoms with van der Waals surface area (Å²) < 4.78 is 5.25. The molecule has 1 aliphatic carbocycles. The van der Waals surface area contributed by atoms with Crippen molar-refractivity contribution in [3.05, 3.63) is 24.3 Å². The number of carbonyl (C=O) groups excluding carboxylic acids is 1. The zero-order valence-electron chi connectivity index (χ0n) is 11.8. The second-order valence-corrected chi connectivity index (χ2v) is 5.11. The zero-order chi connectivity index (χ0) is 15.1. The van der Waals surface area contributed by atoms with Crippen LogP contribution in [0.2, 0.25) is 0 Å². The molecule has 1 saturated carbocycles. The number of benzene rings is 1. The summed E-state index contributed by atoms with van der Waals surface area (Å²) in [5.74, 6) is 3.21. The first-order valence-corrected chi connectivity index (χ1v) is 7.08. The van der Waals surface area contributed by atoms with E-state index in [0.29, 0.717) is 18.0 Å². The van der Waals surface area contributed by atoms with Gasteiger partial charge in [0.2, 0.25) is 0 Å². The molecule has 0 heterocycles. The number of nitrogens with one attached hydrogen (secondary N) is 2. The van der Waals surface area contributed by atoms with Gasteiger partial charge < -0.3 is 20.5 Å². The fourth-order valence-corrected chi connectivity index (χ4v) is 2.41. The summed E-state index contributed by atoms with van der Waals surface area (Å²) in [6.07, 6.45) is 7.62. The number of urea groups is 1. The van der Waals surface area contributed by atoms with Crippen LogP contribution in [0.4, 0.5) is 10.5 Å². The topological polar surface area (TPSA) is 70.6 Å². The van der Waals surface area contributed by atoms with Crippen LogP contribution < -0.4 is 15.4 Å². The van der Waals surface area contributed by atoms with Crippen molar-refractivity contribution in [3.8, 4) is 18.1 Å². The van der Waals surface area contributed by atoms with Crippen molar-refractivity contribution >= 4 is 11.7 Å². The minimum atomic E-state index is -0.294. The van der Waals surface area contributed by atoms with Gasteiger partial charge in [0.1, 0.15) is 12.4 Å². The lowest BCUT2D eigenvalue weighted by molar-refractivity contribution is 0.133. The number of amides is 2. The SMILES string of the molecule is C#CCOc1ccc(NC(=O)NCC2CCCC2O)cc1. The fourth-order valence-electron chi connectivity index (χ4n) is 2.41. The van der Waals surface area contributed by atoms with Crippen molar-refractivity contribution in [3.63, 3.8) is 0 Å². The van der Waals surface area contributed by atoms with Crippen molar-refractivity contribution in [1.29, 1.82) is 0 Å². The van der Waals surface area contributed by atoms with Crippen molar-refractivity contribution in [2.75, 3.05) is 18.5 Å². The van der Waals surface area contributed by atoms with Crippen LogP contribution in [-0.4, -0.2) is 30.4 Å². The monoisotopic (exact) mass is 288 g/mol. The Balaban J connectivity index is 1.75. The number of carbonyl (C=O) groups is 1. The van der Waals surface area contributed by atoms with Crippen LogP contribution in [0.3, 0.4) is 0 Å². The Bertz CT molecular complexity index is 507. The third-order valence-electron chi connectivity index (χ3n) is 3.58. The third-order valence-corrected chi connectivity index (χ3v) is 3.58. The molecule has 2 rings (SSSR count). The maximum atomic E-state index is 11.8. The molecule has 112 valence electrons. The van der Waals surface area contributed by atoms with Gasteiger partial charge in [-0.1, -0.05) is 12.3 Å². The molecule has 2 amide bonds. The van der Waals surface area contributed by atoms with Gasteiger partial charge in [-0.3, -0.25) is 0 Å².